The van der Waals surface area contributed by atoms with Crippen LogP contribution < -0.4 is 4.74 Å². The van der Waals surface area contributed by atoms with Gasteiger partial charge in [0.05, 0.1) is 7.11 Å². The molecule has 1 saturated heterocycles. The number of aryl methyl sites for hydroxylation is 3. The molecule has 2 aliphatic rings. The Bertz CT molecular complexity index is 835. The standard InChI is InChI=1S/C23H32N4O2/c1-3-20-24-25-21-10-11-23(14-17-27(20)21)12-15-26(16-13-23)22(28)9-6-18-4-7-19(29-2)8-5-18/h4-5,7-8H,3,6,9-17H2,1-2H3. The molecule has 0 saturated carbocycles. The average Bonchev–Trinajstić information content (AvgIpc) is 3.09. The molecule has 29 heavy (non-hydrogen) atoms. The van der Waals surface area contributed by atoms with Crippen molar-refractivity contribution in [2.45, 2.75) is 64.8 Å². The van der Waals surface area contributed by atoms with Gasteiger partial charge in [0.1, 0.15) is 17.4 Å². The van der Waals surface area contributed by atoms with Gasteiger partial charge >= 0.3 is 0 Å². The molecule has 6 heteroatoms. The van der Waals surface area contributed by atoms with E-state index in [9.17, 15) is 4.79 Å². The van der Waals surface area contributed by atoms with Crippen LogP contribution in [0.2, 0.25) is 0 Å². The Balaban J connectivity index is 1.28. The monoisotopic (exact) mass is 396 g/mol. The lowest BCUT2D eigenvalue weighted by atomic mass is 9.72. The van der Waals surface area contributed by atoms with Gasteiger partial charge in [0.15, 0.2) is 0 Å². The van der Waals surface area contributed by atoms with Crippen molar-refractivity contribution in [3.05, 3.63) is 41.5 Å². The summed E-state index contributed by atoms with van der Waals surface area (Å²) in [5, 5.41) is 8.75. The van der Waals surface area contributed by atoms with E-state index in [2.05, 4.69) is 26.6 Å². The van der Waals surface area contributed by atoms with Crippen molar-refractivity contribution < 1.29 is 9.53 Å². The van der Waals surface area contributed by atoms with Gasteiger partial charge in [0, 0.05) is 38.9 Å². The number of carbonyl (C=O) groups is 1. The van der Waals surface area contributed by atoms with Gasteiger partial charge in [0.2, 0.25) is 5.91 Å². The van der Waals surface area contributed by atoms with E-state index in [-0.39, 0.29) is 5.91 Å². The maximum absolute atomic E-state index is 12.7. The van der Waals surface area contributed by atoms with E-state index >= 15 is 0 Å². The Labute approximate surface area is 173 Å². The maximum Gasteiger partial charge on any atom is 0.222 e. The van der Waals surface area contributed by atoms with E-state index in [4.69, 9.17) is 4.74 Å². The van der Waals surface area contributed by atoms with Crippen molar-refractivity contribution in [3.8, 4) is 5.75 Å². The summed E-state index contributed by atoms with van der Waals surface area (Å²) in [5.74, 6) is 3.41. The number of methoxy groups -OCH3 is 1. The molecule has 0 aliphatic carbocycles. The van der Waals surface area contributed by atoms with Crippen molar-refractivity contribution in [1.29, 1.82) is 0 Å². The summed E-state index contributed by atoms with van der Waals surface area (Å²) in [6.45, 7) is 4.95. The summed E-state index contributed by atoms with van der Waals surface area (Å²) in [6.07, 6.45) is 7.90. The number of ether oxygens (including phenoxy) is 1. The van der Waals surface area contributed by atoms with Crippen LogP contribution in [-0.2, 0) is 30.6 Å². The summed E-state index contributed by atoms with van der Waals surface area (Å²) in [6, 6.07) is 8.01. The van der Waals surface area contributed by atoms with Gasteiger partial charge in [-0.1, -0.05) is 19.1 Å². The first-order valence-corrected chi connectivity index (χ1v) is 10.9. The lowest BCUT2D eigenvalue weighted by Crippen LogP contribution is -2.43. The lowest BCUT2D eigenvalue weighted by molar-refractivity contribution is -0.133. The minimum Gasteiger partial charge on any atom is -0.497 e. The molecule has 1 spiro atoms. The summed E-state index contributed by atoms with van der Waals surface area (Å²) in [4.78, 5) is 14.8. The number of likely N-dealkylation sites (tertiary alicyclic amines) is 1. The van der Waals surface area contributed by atoms with Gasteiger partial charge < -0.3 is 14.2 Å². The van der Waals surface area contributed by atoms with Crippen LogP contribution in [0.5, 0.6) is 5.75 Å². The molecule has 2 aliphatic heterocycles. The summed E-state index contributed by atoms with van der Waals surface area (Å²) in [7, 11) is 1.67. The molecule has 0 radical (unpaired) electrons. The molecule has 2 aromatic rings. The molecule has 1 aromatic carbocycles. The third-order valence-electron chi connectivity index (χ3n) is 6.93. The van der Waals surface area contributed by atoms with Crippen LogP contribution >= 0.6 is 0 Å². The van der Waals surface area contributed by atoms with Crippen molar-refractivity contribution >= 4 is 5.91 Å². The molecule has 3 heterocycles. The van der Waals surface area contributed by atoms with E-state index in [1.165, 1.54) is 18.4 Å². The summed E-state index contributed by atoms with van der Waals surface area (Å²) in [5.41, 5.74) is 1.55. The number of hydrogen-bond acceptors (Lipinski definition) is 4. The van der Waals surface area contributed by atoms with E-state index < -0.39 is 0 Å². The molecular formula is C23H32N4O2. The fraction of sp³-hybridized carbons (Fsp3) is 0.609. The minimum atomic E-state index is 0.287. The van der Waals surface area contributed by atoms with Crippen molar-refractivity contribution in [3.63, 3.8) is 0 Å². The zero-order chi connectivity index (χ0) is 20.3. The van der Waals surface area contributed by atoms with Gasteiger partial charge in [-0.3, -0.25) is 4.79 Å². The van der Waals surface area contributed by atoms with Crippen LogP contribution in [0.15, 0.2) is 24.3 Å². The molecule has 1 aromatic heterocycles. The number of nitrogens with zero attached hydrogens (tertiary/aromatic N) is 4. The third kappa shape index (κ3) is 4.31. The Hall–Kier alpha value is -2.37. The Morgan fingerprint density at radius 1 is 1.07 bits per heavy atom. The number of piperidine rings is 1. The average molecular weight is 397 g/mol. The fourth-order valence-corrected chi connectivity index (χ4v) is 4.86. The summed E-state index contributed by atoms with van der Waals surface area (Å²) < 4.78 is 7.53. The smallest absolute Gasteiger partial charge is 0.222 e. The fourth-order valence-electron chi connectivity index (χ4n) is 4.86. The highest BCUT2D eigenvalue weighted by Crippen LogP contribution is 2.41. The lowest BCUT2D eigenvalue weighted by Gasteiger charge is -2.41. The van der Waals surface area contributed by atoms with Crippen molar-refractivity contribution in [2.75, 3.05) is 20.2 Å². The minimum absolute atomic E-state index is 0.287. The predicted molar refractivity (Wildman–Crippen MR) is 112 cm³/mol. The Kier molecular flexibility index (Phi) is 5.88. The quantitative estimate of drug-likeness (QED) is 0.777. The third-order valence-corrected chi connectivity index (χ3v) is 6.93. The second kappa shape index (κ2) is 8.56. The van der Waals surface area contributed by atoms with Crippen LogP contribution in [0.1, 0.15) is 56.2 Å². The van der Waals surface area contributed by atoms with Crippen LogP contribution in [0, 0.1) is 5.41 Å². The molecule has 0 bridgehead atoms. The summed E-state index contributed by atoms with van der Waals surface area (Å²) >= 11 is 0. The van der Waals surface area contributed by atoms with Crippen LogP contribution in [0.4, 0.5) is 0 Å². The number of aromatic nitrogens is 3. The van der Waals surface area contributed by atoms with Gasteiger partial charge in [-0.15, -0.1) is 10.2 Å². The largest absolute Gasteiger partial charge is 0.497 e. The first-order valence-electron chi connectivity index (χ1n) is 10.9. The molecule has 0 atom stereocenters. The first kappa shape index (κ1) is 19.9. The topological polar surface area (TPSA) is 60.2 Å². The number of carbonyl (C=O) groups excluding carboxylic acids is 1. The molecule has 4 rings (SSSR count). The Morgan fingerprint density at radius 2 is 1.79 bits per heavy atom. The van der Waals surface area contributed by atoms with Gasteiger partial charge in [-0.05, 0) is 55.2 Å². The second-order valence-corrected chi connectivity index (χ2v) is 8.52. The highest BCUT2D eigenvalue weighted by atomic mass is 16.5. The number of rotatable bonds is 5. The molecule has 1 fully saturated rings. The zero-order valence-electron chi connectivity index (χ0n) is 17.7. The van der Waals surface area contributed by atoms with Crippen molar-refractivity contribution in [1.82, 2.24) is 19.7 Å². The number of fused-ring (bicyclic) bond motifs is 1. The van der Waals surface area contributed by atoms with Gasteiger partial charge in [-0.2, -0.15) is 0 Å². The number of benzene rings is 1. The first-order chi connectivity index (χ1) is 14.1. The number of hydrogen-bond donors (Lipinski definition) is 0. The van der Waals surface area contributed by atoms with Crippen LogP contribution in [-0.4, -0.2) is 45.8 Å². The van der Waals surface area contributed by atoms with Gasteiger partial charge in [0.25, 0.3) is 0 Å². The maximum atomic E-state index is 12.7. The highest BCUT2D eigenvalue weighted by Gasteiger charge is 2.37. The van der Waals surface area contributed by atoms with Crippen LogP contribution in [0.3, 0.4) is 0 Å². The Morgan fingerprint density at radius 3 is 2.48 bits per heavy atom. The van der Waals surface area contributed by atoms with Gasteiger partial charge in [-0.25, -0.2) is 0 Å². The predicted octanol–water partition coefficient (Wildman–Crippen LogP) is 3.43. The highest BCUT2D eigenvalue weighted by molar-refractivity contribution is 5.76. The number of amides is 1. The SMILES string of the molecule is CCc1nnc2n1CCC1(CC2)CCN(C(=O)CCc2ccc(OC)cc2)CC1. The van der Waals surface area contributed by atoms with Crippen LogP contribution in [0.25, 0.3) is 0 Å². The molecular weight excluding hydrogens is 364 g/mol. The molecule has 1 amide bonds. The van der Waals surface area contributed by atoms with E-state index in [1.807, 2.05) is 24.3 Å². The molecule has 156 valence electrons. The second-order valence-electron chi connectivity index (χ2n) is 8.52. The van der Waals surface area contributed by atoms with E-state index in [1.54, 1.807) is 7.11 Å². The normalized spacial score (nSPS) is 18.3. The van der Waals surface area contributed by atoms with E-state index in [0.717, 1.165) is 69.1 Å². The molecule has 6 nitrogen and oxygen atoms in total. The molecule has 0 N–H and O–H groups in total. The zero-order valence-corrected chi connectivity index (χ0v) is 17.7. The molecule has 0 unspecified atom stereocenters. The van der Waals surface area contributed by atoms with E-state index in [0.29, 0.717) is 11.8 Å². The van der Waals surface area contributed by atoms with Crippen molar-refractivity contribution in [2.24, 2.45) is 5.41 Å².